The van der Waals surface area contributed by atoms with E-state index in [1.165, 1.54) is 11.1 Å². The predicted molar refractivity (Wildman–Crippen MR) is 186 cm³/mol. The summed E-state index contributed by atoms with van der Waals surface area (Å²) in [6.07, 6.45) is 6.65. The molecule has 3 aromatic carbocycles. The molecule has 10 heteroatoms. The summed E-state index contributed by atoms with van der Waals surface area (Å²) >= 11 is 6.59. The van der Waals surface area contributed by atoms with Gasteiger partial charge in [-0.05, 0) is 84.0 Å². The van der Waals surface area contributed by atoms with E-state index in [2.05, 4.69) is 40.2 Å². The zero-order valence-electron chi connectivity index (χ0n) is 26.3. The van der Waals surface area contributed by atoms with E-state index in [0.717, 1.165) is 49.2 Å². The van der Waals surface area contributed by atoms with Gasteiger partial charge in [0.2, 0.25) is 11.8 Å². The first-order valence-electron chi connectivity index (χ1n) is 15.3. The number of nitriles is 1. The predicted octanol–water partition coefficient (Wildman–Crippen LogP) is 6.99. The maximum Gasteiger partial charge on any atom is 0.246 e. The van der Waals surface area contributed by atoms with Crippen LogP contribution in [0.25, 0.3) is 6.08 Å². The minimum Gasteiger partial charge on any atom is -0.487 e. The molecule has 1 aliphatic heterocycles. The lowest BCUT2D eigenvalue weighted by atomic mass is 10.1. The van der Waals surface area contributed by atoms with Gasteiger partial charge in [-0.2, -0.15) is 5.26 Å². The Bertz CT molecular complexity index is 1660. The summed E-state index contributed by atoms with van der Waals surface area (Å²) in [6, 6.07) is 25.1. The number of ether oxygens (including phenoxy) is 2. The Labute approximate surface area is 287 Å². The molecule has 0 aliphatic carbocycles. The molecule has 244 valence electrons. The Morgan fingerprint density at radius 3 is 2.34 bits per heavy atom. The highest BCUT2D eigenvalue weighted by molar-refractivity contribution is 6.32. The molecule has 1 amide bonds. The normalized spacial score (nSPS) is 13.2. The number of pyridine rings is 1. The average Bonchev–Trinajstić information content (AvgIpc) is 3.08. The van der Waals surface area contributed by atoms with E-state index in [1.54, 1.807) is 48.7 Å². The zero-order valence-corrected chi connectivity index (χ0v) is 27.8. The van der Waals surface area contributed by atoms with Gasteiger partial charge in [-0.1, -0.05) is 48.0 Å². The lowest BCUT2D eigenvalue weighted by Crippen LogP contribution is -2.47. The molecule has 0 unspecified atom stereocenters. The molecule has 0 bridgehead atoms. The Morgan fingerprint density at radius 1 is 1.00 bits per heavy atom. The lowest BCUT2D eigenvalue weighted by Gasteiger charge is -2.34. The van der Waals surface area contributed by atoms with Crippen molar-refractivity contribution in [3.8, 4) is 23.4 Å². The Kier molecular flexibility index (Phi) is 13.2. The zero-order chi connectivity index (χ0) is 32.3. The van der Waals surface area contributed by atoms with Crippen LogP contribution in [0, 0.1) is 18.3 Å². The fourth-order valence-electron chi connectivity index (χ4n) is 5.19. The minimum absolute atomic E-state index is 0. The number of benzene rings is 3. The van der Waals surface area contributed by atoms with Gasteiger partial charge >= 0.3 is 0 Å². The molecule has 0 spiro atoms. The molecule has 4 aromatic rings. The van der Waals surface area contributed by atoms with Crippen LogP contribution in [0.3, 0.4) is 0 Å². The van der Waals surface area contributed by atoms with Gasteiger partial charge in [0.25, 0.3) is 0 Å². The highest BCUT2D eigenvalue weighted by atomic mass is 35.5. The van der Waals surface area contributed by atoms with E-state index >= 15 is 0 Å². The largest absolute Gasteiger partial charge is 0.487 e. The first-order chi connectivity index (χ1) is 22.4. The monoisotopic (exact) mass is 672 g/mol. The summed E-state index contributed by atoms with van der Waals surface area (Å²) in [7, 11) is 0. The molecule has 1 aromatic heterocycles. The van der Waals surface area contributed by atoms with Gasteiger partial charge in [0.15, 0.2) is 5.75 Å². The third-order valence-electron chi connectivity index (χ3n) is 7.81. The number of hydrogen-bond donors (Lipinski definition) is 1. The molecule has 2 heterocycles. The van der Waals surface area contributed by atoms with Crippen LogP contribution in [0.4, 0.5) is 0 Å². The highest BCUT2D eigenvalue weighted by Crippen LogP contribution is 2.34. The van der Waals surface area contributed by atoms with Crippen LogP contribution in [0.15, 0.2) is 85.1 Å². The first-order valence-corrected chi connectivity index (χ1v) is 15.7. The highest BCUT2D eigenvalue weighted by Gasteiger charge is 2.20. The molecule has 5 rings (SSSR count). The average molecular weight is 674 g/mol. The van der Waals surface area contributed by atoms with Crippen molar-refractivity contribution in [3.05, 3.63) is 123 Å². The summed E-state index contributed by atoms with van der Waals surface area (Å²) < 4.78 is 11.8. The molecule has 0 atom stereocenters. The quantitative estimate of drug-likeness (QED) is 0.162. The molecule has 1 N–H and O–H groups in total. The van der Waals surface area contributed by atoms with E-state index in [4.69, 9.17) is 31.4 Å². The summed E-state index contributed by atoms with van der Waals surface area (Å²) in [5, 5.41) is 18.4. The number of piperazine rings is 1. The fraction of sp³-hybridized carbons (Fsp3) is 0.270. The van der Waals surface area contributed by atoms with E-state index in [0.29, 0.717) is 47.7 Å². The Morgan fingerprint density at radius 2 is 1.70 bits per heavy atom. The van der Waals surface area contributed by atoms with Crippen LogP contribution >= 0.6 is 24.0 Å². The first kappa shape index (κ1) is 35.5. The van der Waals surface area contributed by atoms with Crippen molar-refractivity contribution in [1.29, 1.82) is 5.26 Å². The van der Waals surface area contributed by atoms with Gasteiger partial charge in [0, 0.05) is 51.5 Å². The van der Waals surface area contributed by atoms with Gasteiger partial charge in [0.1, 0.15) is 12.4 Å². The fourth-order valence-corrected chi connectivity index (χ4v) is 5.51. The lowest BCUT2D eigenvalue weighted by molar-refractivity contribution is -0.127. The number of carbonyl (C=O) groups excluding carboxylic acids is 1. The smallest absolute Gasteiger partial charge is 0.246 e. The van der Waals surface area contributed by atoms with E-state index in [9.17, 15) is 4.79 Å². The second-order valence-corrected chi connectivity index (χ2v) is 11.7. The summed E-state index contributed by atoms with van der Waals surface area (Å²) in [5.74, 6) is 1.45. The van der Waals surface area contributed by atoms with E-state index in [-0.39, 0.29) is 24.9 Å². The molecule has 1 aliphatic rings. The molecular formula is C37H38Cl2N4O4. The topological polar surface area (TPSA) is 98.9 Å². The van der Waals surface area contributed by atoms with Crippen LogP contribution in [0.5, 0.6) is 17.4 Å². The number of aliphatic hydroxyl groups excluding tert-OH is 1. The maximum atomic E-state index is 12.9. The van der Waals surface area contributed by atoms with E-state index < -0.39 is 0 Å². The number of hydrogen-bond acceptors (Lipinski definition) is 7. The van der Waals surface area contributed by atoms with Gasteiger partial charge in [0.05, 0.1) is 22.9 Å². The van der Waals surface area contributed by atoms with Crippen molar-refractivity contribution in [3.63, 3.8) is 0 Å². The Hall–Kier alpha value is -4.39. The third-order valence-corrected chi connectivity index (χ3v) is 8.09. The SMILES string of the molecule is Cc1cc(C=CC(=O)N2CCN(Cc3ccc(CCCO)cc3)CC2)cc(Cl)c1Oc1ccc(OCc2ccc(C#N)cc2)cn1.Cl. The molecular weight excluding hydrogens is 635 g/mol. The van der Waals surface area contributed by atoms with Crippen molar-refractivity contribution in [2.45, 2.75) is 32.9 Å². The van der Waals surface area contributed by atoms with E-state index in [1.807, 2.05) is 30.0 Å². The van der Waals surface area contributed by atoms with Crippen molar-refractivity contribution in [2.75, 3.05) is 32.8 Å². The number of halogens is 2. The van der Waals surface area contributed by atoms with Crippen LogP contribution in [-0.2, 0) is 24.4 Å². The number of rotatable bonds is 12. The van der Waals surface area contributed by atoms with Crippen LogP contribution in [0.1, 0.15) is 39.8 Å². The second kappa shape index (κ2) is 17.5. The standard InChI is InChI=1S/C37H37ClN4O4.ClH/c1-27-21-32(12-15-36(44)42-18-16-41(17-19-42)25-30-8-4-28(5-9-30)3-2-20-43)22-34(38)37(27)46-35-14-13-33(24-40-35)45-26-31-10-6-29(23-39)7-11-31;/h4-15,21-22,24,43H,2-3,16-20,25-26H2,1H3;1H. The number of aryl methyl sites for hydroxylation is 2. The molecule has 1 saturated heterocycles. The number of carbonyl (C=O) groups is 1. The summed E-state index contributed by atoms with van der Waals surface area (Å²) in [5.41, 5.74) is 5.68. The van der Waals surface area contributed by atoms with Gasteiger partial charge in [-0.25, -0.2) is 4.98 Å². The summed E-state index contributed by atoms with van der Waals surface area (Å²) in [6.45, 7) is 6.32. The maximum absolute atomic E-state index is 12.9. The van der Waals surface area contributed by atoms with Crippen LogP contribution in [-0.4, -0.2) is 58.6 Å². The second-order valence-electron chi connectivity index (χ2n) is 11.3. The number of nitrogens with zero attached hydrogens (tertiary/aromatic N) is 4. The Balaban J connectivity index is 0.00000500. The van der Waals surface area contributed by atoms with Crippen molar-refractivity contribution < 1.29 is 19.4 Å². The minimum atomic E-state index is -0.0207. The van der Waals surface area contributed by atoms with Gasteiger partial charge in [-0.3, -0.25) is 9.69 Å². The number of aliphatic hydroxyl groups is 1. The molecule has 0 radical (unpaired) electrons. The number of aromatic nitrogens is 1. The van der Waals surface area contributed by atoms with Crippen LogP contribution in [0.2, 0.25) is 5.02 Å². The summed E-state index contributed by atoms with van der Waals surface area (Å²) in [4.78, 5) is 21.5. The van der Waals surface area contributed by atoms with Gasteiger partial charge in [-0.15, -0.1) is 12.4 Å². The van der Waals surface area contributed by atoms with Crippen LogP contribution < -0.4 is 9.47 Å². The third kappa shape index (κ3) is 10.3. The van der Waals surface area contributed by atoms with Crippen molar-refractivity contribution >= 4 is 36.0 Å². The number of amides is 1. The molecule has 8 nitrogen and oxygen atoms in total. The van der Waals surface area contributed by atoms with Crippen molar-refractivity contribution in [2.24, 2.45) is 0 Å². The molecule has 1 fully saturated rings. The molecule has 47 heavy (non-hydrogen) atoms. The van der Waals surface area contributed by atoms with Crippen molar-refractivity contribution in [1.82, 2.24) is 14.8 Å². The molecule has 0 saturated carbocycles. The van der Waals surface area contributed by atoms with Gasteiger partial charge < -0.3 is 19.5 Å².